The van der Waals surface area contributed by atoms with Gasteiger partial charge in [-0.15, -0.1) is 0 Å². The summed E-state index contributed by atoms with van der Waals surface area (Å²) in [6.45, 7) is 1.76. The number of amides is 1. The third-order valence-corrected chi connectivity index (χ3v) is 4.05. The number of aromatic nitrogens is 4. The minimum atomic E-state index is -0.441. The quantitative estimate of drug-likeness (QED) is 0.513. The average Bonchev–Trinajstić information content (AvgIpc) is 3.23. The second kappa shape index (κ2) is 6.16. The zero-order valence-electron chi connectivity index (χ0n) is 13.5. The number of rotatable bonds is 3. The number of fused-ring (bicyclic) bond motifs is 1. The highest BCUT2D eigenvalue weighted by molar-refractivity contribution is 6.30. The third kappa shape index (κ3) is 2.98. The summed E-state index contributed by atoms with van der Waals surface area (Å²) in [5.74, 6) is -0.0386. The molecule has 0 aliphatic rings. The number of carbonyl (C=O) groups excluding carboxylic acids is 1. The first-order valence-electron chi connectivity index (χ1n) is 7.62. The summed E-state index contributed by atoms with van der Waals surface area (Å²) < 4.78 is 5.26. The Bertz CT molecular complexity index is 1190. The van der Waals surface area contributed by atoms with Crippen LogP contribution >= 0.6 is 11.6 Å². The second-order valence-corrected chi connectivity index (χ2v) is 6.09. The lowest BCUT2D eigenvalue weighted by Gasteiger charge is -2.05. The van der Waals surface area contributed by atoms with Crippen molar-refractivity contribution in [3.63, 3.8) is 0 Å². The first kappa shape index (κ1) is 16.1. The standard InChI is InChI=1S/C17H12ClN5O3/c1-8-12(5-10(18)7-19-8)20-16(24)14-6-15(26-23-14)9-2-3-11-13(4-9)22-17(25)21-11/h2-7H,1H3,(H,20,24)(H2,21,22,25). The fourth-order valence-electron chi connectivity index (χ4n) is 2.52. The molecule has 1 aromatic carbocycles. The van der Waals surface area contributed by atoms with Gasteiger partial charge in [0.1, 0.15) is 0 Å². The van der Waals surface area contributed by atoms with Crippen LogP contribution in [0.3, 0.4) is 0 Å². The van der Waals surface area contributed by atoms with E-state index in [0.29, 0.717) is 38.8 Å². The molecule has 0 radical (unpaired) electrons. The van der Waals surface area contributed by atoms with E-state index in [2.05, 4.69) is 25.4 Å². The van der Waals surface area contributed by atoms with Crippen molar-refractivity contribution in [2.24, 2.45) is 0 Å². The van der Waals surface area contributed by atoms with E-state index in [9.17, 15) is 9.59 Å². The maximum atomic E-state index is 12.4. The van der Waals surface area contributed by atoms with Gasteiger partial charge in [0.25, 0.3) is 5.91 Å². The molecular weight excluding hydrogens is 358 g/mol. The highest BCUT2D eigenvalue weighted by Gasteiger charge is 2.16. The number of hydrogen-bond acceptors (Lipinski definition) is 5. The van der Waals surface area contributed by atoms with E-state index in [4.69, 9.17) is 16.1 Å². The monoisotopic (exact) mass is 369 g/mol. The number of carbonyl (C=O) groups is 1. The number of pyridine rings is 1. The van der Waals surface area contributed by atoms with Crippen molar-refractivity contribution in [3.05, 3.63) is 63.4 Å². The molecule has 8 nitrogen and oxygen atoms in total. The Morgan fingerprint density at radius 3 is 2.85 bits per heavy atom. The smallest absolute Gasteiger partial charge is 0.323 e. The topological polar surface area (TPSA) is 117 Å². The minimum Gasteiger partial charge on any atom is -0.355 e. The zero-order valence-corrected chi connectivity index (χ0v) is 14.2. The van der Waals surface area contributed by atoms with Gasteiger partial charge in [-0.05, 0) is 31.2 Å². The molecule has 0 saturated heterocycles. The molecule has 1 amide bonds. The number of aromatic amines is 2. The molecule has 0 aliphatic heterocycles. The Hall–Kier alpha value is -3.39. The van der Waals surface area contributed by atoms with Crippen LogP contribution in [0.4, 0.5) is 5.69 Å². The average molecular weight is 370 g/mol. The summed E-state index contributed by atoms with van der Waals surface area (Å²) >= 11 is 5.90. The summed E-state index contributed by atoms with van der Waals surface area (Å²) in [5.41, 5.74) is 2.95. The van der Waals surface area contributed by atoms with Crippen molar-refractivity contribution >= 4 is 34.2 Å². The fourth-order valence-corrected chi connectivity index (χ4v) is 2.68. The lowest BCUT2D eigenvalue weighted by molar-refractivity contribution is 0.101. The molecule has 0 fully saturated rings. The molecule has 0 unspecified atom stereocenters. The minimum absolute atomic E-state index is 0.113. The Kier molecular flexibility index (Phi) is 3.81. The summed E-state index contributed by atoms with van der Waals surface area (Å²) in [6, 6.07) is 8.37. The van der Waals surface area contributed by atoms with E-state index in [1.165, 1.54) is 12.3 Å². The number of benzene rings is 1. The molecular formula is C17H12ClN5O3. The lowest BCUT2D eigenvalue weighted by atomic mass is 10.1. The predicted octanol–water partition coefficient (Wildman–Crippen LogP) is 3.12. The molecule has 0 aliphatic carbocycles. The van der Waals surface area contributed by atoms with Crippen LogP contribution in [0.15, 0.2) is 45.8 Å². The lowest BCUT2D eigenvalue weighted by Crippen LogP contribution is -2.13. The molecule has 26 heavy (non-hydrogen) atoms. The van der Waals surface area contributed by atoms with Gasteiger partial charge in [-0.2, -0.15) is 0 Å². The van der Waals surface area contributed by atoms with Crippen LogP contribution in [-0.2, 0) is 0 Å². The molecule has 0 spiro atoms. The molecule has 130 valence electrons. The Morgan fingerprint density at radius 1 is 1.19 bits per heavy atom. The number of hydrogen-bond donors (Lipinski definition) is 3. The molecule has 3 aromatic heterocycles. The molecule has 3 N–H and O–H groups in total. The molecule has 4 aromatic rings. The zero-order chi connectivity index (χ0) is 18.3. The van der Waals surface area contributed by atoms with E-state index >= 15 is 0 Å². The van der Waals surface area contributed by atoms with E-state index in [1.54, 1.807) is 31.2 Å². The van der Waals surface area contributed by atoms with Crippen molar-refractivity contribution in [2.45, 2.75) is 6.92 Å². The molecule has 0 atom stereocenters. The first-order chi connectivity index (χ1) is 12.5. The van der Waals surface area contributed by atoms with Gasteiger partial charge in [0, 0.05) is 17.8 Å². The van der Waals surface area contributed by atoms with Crippen LogP contribution in [0.5, 0.6) is 0 Å². The van der Waals surface area contributed by atoms with Crippen LogP contribution in [-0.4, -0.2) is 26.0 Å². The number of H-pyrrole nitrogens is 2. The molecule has 4 rings (SSSR count). The van der Waals surface area contributed by atoms with Crippen LogP contribution < -0.4 is 11.0 Å². The molecule has 9 heteroatoms. The largest absolute Gasteiger partial charge is 0.355 e. The van der Waals surface area contributed by atoms with Gasteiger partial charge in [-0.3, -0.25) is 9.78 Å². The number of halogens is 1. The fraction of sp³-hybridized carbons (Fsp3) is 0.0588. The summed E-state index contributed by atoms with van der Waals surface area (Å²) in [5, 5.41) is 6.93. The molecule has 0 bridgehead atoms. The van der Waals surface area contributed by atoms with Crippen molar-refractivity contribution in [2.75, 3.05) is 5.32 Å². The van der Waals surface area contributed by atoms with Gasteiger partial charge in [-0.1, -0.05) is 16.8 Å². The van der Waals surface area contributed by atoms with Gasteiger partial charge >= 0.3 is 5.69 Å². The van der Waals surface area contributed by atoms with E-state index < -0.39 is 5.91 Å². The summed E-state index contributed by atoms with van der Waals surface area (Å²) in [7, 11) is 0. The predicted molar refractivity (Wildman–Crippen MR) is 96.4 cm³/mol. The number of imidazole rings is 1. The number of nitrogens with one attached hydrogen (secondary N) is 3. The number of nitrogens with zero attached hydrogens (tertiary/aromatic N) is 2. The molecule has 0 saturated carbocycles. The van der Waals surface area contributed by atoms with Gasteiger partial charge in [0.15, 0.2) is 11.5 Å². The second-order valence-electron chi connectivity index (χ2n) is 5.66. The van der Waals surface area contributed by atoms with Gasteiger partial charge in [0.05, 0.1) is 27.4 Å². The van der Waals surface area contributed by atoms with Crippen LogP contribution in [0.1, 0.15) is 16.2 Å². The SMILES string of the molecule is Cc1ncc(Cl)cc1NC(=O)c1cc(-c2ccc3[nH]c(=O)[nH]c3c2)on1. The van der Waals surface area contributed by atoms with Gasteiger partial charge in [-0.25, -0.2) is 4.79 Å². The van der Waals surface area contributed by atoms with Crippen LogP contribution in [0, 0.1) is 6.92 Å². The molecule has 3 heterocycles. The van der Waals surface area contributed by atoms with Gasteiger partial charge in [0.2, 0.25) is 0 Å². The highest BCUT2D eigenvalue weighted by atomic mass is 35.5. The van der Waals surface area contributed by atoms with Crippen molar-refractivity contribution in [1.82, 2.24) is 20.1 Å². The summed E-state index contributed by atoms with van der Waals surface area (Å²) in [6.07, 6.45) is 1.50. The highest BCUT2D eigenvalue weighted by Crippen LogP contribution is 2.24. The number of aryl methyl sites for hydroxylation is 1. The van der Waals surface area contributed by atoms with Crippen molar-refractivity contribution < 1.29 is 9.32 Å². The maximum Gasteiger partial charge on any atom is 0.323 e. The maximum absolute atomic E-state index is 12.4. The van der Waals surface area contributed by atoms with Crippen LogP contribution in [0.2, 0.25) is 5.02 Å². The third-order valence-electron chi connectivity index (χ3n) is 3.85. The number of anilines is 1. The van der Waals surface area contributed by atoms with Gasteiger partial charge < -0.3 is 19.8 Å². The van der Waals surface area contributed by atoms with E-state index in [0.717, 1.165) is 0 Å². The first-order valence-corrected chi connectivity index (χ1v) is 8.00. The van der Waals surface area contributed by atoms with E-state index in [1.807, 2.05) is 0 Å². The Morgan fingerprint density at radius 2 is 2.00 bits per heavy atom. The Balaban J connectivity index is 1.61. The van der Waals surface area contributed by atoms with Crippen molar-refractivity contribution in [3.8, 4) is 11.3 Å². The van der Waals surface area contributed by atoms with Crippen LogP contribution in [0.25, 0.3) is 22.4 Å². The van der Waals surface area contributed by atoms with E-state index in [-0.39, 0.29) is 11.4 Å². The van der Waals surface area contributed by atoms with Crippen molar-refractivity contribution in [1.29, 1.82) is 0 Å². The normalized spacial score (nSPS) is 11.0. The Labute approximate surface area is 151 Å². The summed E-state index contributed by atoms with van der Waals surface area (Å²) in [4.78, 5) is 33.1.